The van der Waals surface area contributed by atoms with Crippen molar-refractivity contribution in [3.05, 3.63) is 158 Å². The number of furan rings is 2. The van der Waals surface area contributed by atoms with E-state index in [1.54, 1.807) is 0 Å². The summed E-state index contributed by atoms with van der Waals surface area (Å²) in [6.07, 6.45) is 0. The molecule has 0 spiro atoms. The largest absolute Gasteiger partial charge is 0.456 e. The van der Waals surface area contributed by atoms with Crippen LogP contribution in [0.2, 0.25) is 0 Å². The van der Waals surface area contributed by atoms with Gasteiger partial charge in [-0.15, -0.1) is 0 Å². The molecule has 0 aliphatic heterocycles. The van der Waals surface area contributed by atoms with Gasteiger partial charge in [0, 0.05) is 27.4 Å². The van der Waals surface area contributed by atoms with Gasteiger partial charge in [0.1, 0.15) is 22.3 Å². The van der Waals surface area contributed by atoms with Crippen LogP contribution in [0.3, 0.4) is 0 Å². The van der Waals surface area contributed by atoms with E-state index in [2.05, 4.69) is 145 Å². The van der Waals surface area contributed by atoms with Crippen molar-refractivity contribution in [3.63, 3.8) is 0 Å². The molecule has 1 N–H and O–H groups in total. The third kappa shape index (κ3) is 4.37. The second-order valence-electron chi connectivity index (χ2n) is 11.4. The van der Waals surface area contributed by atoms with Gasteiger partial charge in [0.15, 0.2) is 0 Å². The first-order valence-electron chi connectivity index (χ1n) is 15.2. The molecule has 0 bridgehead atoms. The van der Waals surface area contributed by atoms with Gasteiger partial charge in [-0.05, 0) is 82.4 Å². The molecule has 2 aromatic heterocycles. The predicted molar refractivity (Wildman–Crippen MR) is 187 cm³/mol. The van der Waals surface area contributed by atoms with Gasteiger partial charge in [0.2, 0.25) is 0 Å². The lowest BCUT2D eigenvalue weighted by Gasteiger charge is -2.11. The zero-order valence-corrected chi connectivity index (χ0v) is 24.3. The quantitative estimate of drug-likeness (QED) is 0.221. The average Bonchev–Trinajstić information content (AvgIpc) is 3.67. The van der Waals surface area contributed by atoms with Crippen LogP contribution in [0.4, 0.5) is 11.4 Å². The number of hydrogen-bond acceptors (Lipinski definition) is 3. The molecule has 2 heterocycles. The molecule has 3 nitrogen and oxygen atoms in total. The number of nitrogens with one attached hydrogen (secondary N) is 1. The van der Waals surface area contributed by atoms with E-state index in [0.717, 1.165) is 77.5 Å². The van der Waals surface area contributed by atoms with Crippen molar-refractivity contribution in [2.24, 2.45) is 0 Å². The van der Waals surface area contributed by atoms with E-state index in [9.17, 15) is 0 Å². The van der Waals surface area contributed by atoms with Crippen molar-refractivity contribution >= 4 is 55.3 Å². The summed E-state index contributed by atoms with van der Waals surface area (Å²) in [5.74, 6) is 0. The van der Waals surface area contributed by atoms with E-state index in [0.29, 0.717) is 0 Å². The first kappa shape index (κ1) is 25.4. The Morgan fingerprint density at radius 1 is 0.378 bits per heavy atom. The first-order chi connectivity index (χ1) is 22.3. The number of rotatable bonds is 5. The Kier molecular flexibility index (Phi) is 5.82. The van der Waals surface area contributed by atoms with E-state index in [4.69, 9.17) is 8.83 Å². The molecule has 212 valence electrons. The highest BCUT2D eigenvalue weighted by molar-refractivity contribution is 6.17. The van der Waals surface area contributed by atoms with Crippen LogP contribution in [0.5, 0.6) is 0 Å². The summed E-state index contributed by atoms with van der Waals surface area (Å²) in [6, 6.07) is 54.9. The highest BCUT2D eigenvalue weighted by atomic mass is 16.3. The van der Waals surface area contributed by atoms with Crippen LogP contribution in [0.25, 0.3) is 77.3 Å². The Labute approximate surface area is 260 Å². The second kappa shape index (κ2) is 10.3. The normalized spacial score (nSPS) is 11.6. The molecule has 0 aliphatic carbocycles. The Morgan fingerprint density at radius 2 is 0.978 bits per heavy atom. The lowest BCUT2D eigenvalue weighted by atomic mass is 9.99. The van der Waals surface area contributed by atoms with Gasteiger partial charge in [0.25, 0.3) is 0 Å². The molecule has 7 aromatic carbocycles. The summed E-state index contributed by atoms with van der Waals surface area (Å²) in [5.41, 5.74) is 12.3. The standard InChI is InChI=1S/C42H27NO2/c1-4-10-27(11-5-1)30-17-22-38-35(24-30)36-26-32(18-23-39(36)44-38)43-37-21-20-33(29-14-8-3-9-15-29)42-41(37)34-19-16-31(25-40(34)45-42)28-12-6-2-7-13-28/h1-26,43H. The topological polar surface area (TPSA) is 38.3 Å². The Morgan fingerprint density at radius 3 is 1.69 bits per heavy atom. The molecule has 0 saturated heterocycles. The van der Waals surface area contributed by atoms with Crippen LogP contribution in [0.1, 0.15) is 0 Å². The minimum absolute atomic E-state index is 0.863. The van der Waals surface area contributed by atoms with Crippen molar-refractivity contribution < 1.29 is 8.83 Å². The van der Waals surface area contributed by atoms with Gasteiger partial charge in [-0.1, -0.05) is 103 Å². The Bertz CT molecular complexity index is 2490. The minimum atomic E-state index is 0.863. The van der Waals surface area contributed by atoms with E-state index in [1.807, 2.05) is 18.2 Å². The maximum absolute atomic E-state index is 6.69. The maximum atomic E-state index is 6.69. The highest BCUT2D eigenvalue weighted by Gasteiger charge is 2.18. The van der Waals surface area contributed by atoms with Gasteiger partial charge >= 0.3 is 0 Å². The van der Waals surface area contributed by atoms with Gasteiger partial charge in [-0.2, -0.15) is 0 Å². The van der Waals surface area contributed by atoms with Gasteiger partial charge in [-0.25, -0.2) is 0 Å². The Balaban J connectivity index is 1.19. The van der Waals surface area contributed by atoms with Gasteiger partial charge in [-0.3, -0.25) is 0 Å². The van der Waals surface area contributed by atoms with Crippen molar-refractivity contribution in [2.45, 2.75) is 0 Å². The summed E-state index contributed by atoms with van der Waals surface area (Å²) in [4.78, 5) is 0. The summed E-state index contributed by atoms with van der Waals surface area (Å²) >= 11 is 0. The summed E-state index contributed by atoms with van der Waals surface area (Å²) in [5, 5.41) is 8.06. The fourth-order valence-electron chi connectivity index (χ4n) is 6.46. The molecule has 0 amide bonds. The van der Waals surface area contributed by atoms with Gasteiger partial charge in [0.05, 0.1) is 11.1 Å². The average molecular weight is 578 g/mol. The van der Waals surface area contributed by atoms with Crippen LogP contribution in [0.15, 0.2) is 167 Å². The van der Waals surface area contributed by atoms with E-state index < -0.39 is 0 Å². The van der Waals surface area contributed by atoms with Crippen molar-refractivity contribution in [1.29, 1.82) is 0 Å². The molecule has 0 radical (unpaired) electrons. The smallest absolute Gasteiger partial charge is 0.145 e. The molecule has 3 heteroatoms. The number of benzene rings is 7. The molecule has 0 aliphatic rings. The summed E-state index contributed by atoms with van der Waals surface area (Å²) in [6.45, 7) is 0. The molecule has 0 saturated carbocycles. The lowest BCUT2D eigenvalue weighted by Crippen LogP contribution is -1.92. The minimum Gasteiger partial charge on any atom is -0.456 e. The van der Waals surface area contributed by atoms with Crippen LogP contribution in [0, 0.1) is 0 Å². The monoisotopic (exact) mass is 577 g/mol. The Hall–Kier alpha value is -6.06. The molecule has 9 aromatic rings. The molecule has 0 unspecified atom stereocenters. The summed E-state index contributed by atoms with van der Waals surface area (Å²) < 4.78 is 12.9. The third-order valence-corrected chi connectivity index (χ3v) is 8.67. The second-order valence-corrected chi connectivity index (χ2v) is 11.4. The molecule has 0 fully saturated rings. The van der Waals surface area contributed by atoms with E-state index in [1.165, 1.54) is 11.1 Å². The fourth-order valence-corrected chi connectivity index (χ4v) is 6.46. The van der Waals surface area contributed by atoms with Crippen LogP contribution in [-0.2, 0) is 0 Å². The van der Waals surface area contributed by atoms with Crippen molar-refractivity contribution in [1.82, 2.24) is 0 Å². The van der Waals surface area contributed by atoms with Gasteiger partial charge < -0.3 is 14.2 Å². The molecular weight excluding hydrogens is 550 g/mol. The third-order valence-electron chi connectivity index (χ3n) is 8.67. The van der Waals surface area contributed by atoms with Crippen LogP contribution >= 0.6 is 0 Å². The number of fused-ring (bicyclic) bond motifs is 6. The SMILES string of the molecule is c1ccc(-c2ccc3c(c2)oc2c(-c4ccccc4)ccc(Nc4ccc5oc6ccc(-c7ccccc7)cc6c5c4)c23)cc1. The molecule has 45 heavy (non-hydrogen) atoms. The van der Waals surface area contributed by atoms with Crippen LogP contribution < -0.4 is 5.32 Å². The number of hydrogen-bond donors (Lipinski definition) is 1. The number of anilines is 2. The lowest BCUT2D eigenvalue weighted by molar-refractivity contribution is 0.669. The first-order valence-corrected chi connectivity index (χ1v) is 15.2. The summed E-state index contributed by atoms with van der Waals surface area (Å²) in [7, 11) is 0. The molecule has 9 rings (SSSR count). The fraction of sp³-hybridized carbons (Fsp3) is 0. The zero-order chi connectivity index (χ0) is 29.7. The molecule has 0 atom stereocenters. The van der Waals surface area contributed by atoms with Crippen LogP contribution in [-0.4, -0.2) is 0 Å². The van der Waals surface area contributed by atoms with Crippen molar-refractivity contribution in [2.75, 3.05) is 5.32 Å². The van der Waals surface area contributed by atoms with E-state index in [-0.39, 0.29) is 0 Å². The maximum Gasteiger partial charge on any atom is 0.145 e. The highest BCUT2D eigenvalue weighted by Crippen LogP contribution is 2.43. The van der Waals surface area contributed by atoms with Crippen molar-refractivity contribution in [3.8, 4) is 33.4 Å². The predicted octanol–water partition coefficient (Wildman–Crippen LogP) is 12.2. The molecular formula is C42H27NO2. The zero-order valence-electron chi connectivity index (χ0n) is 24.3. The van der Waals surface area contributed by atoms with E-state index >= 15 is 0 Å².